The average molecular weight is 433 g/mol. The number of Topliss-reactive ketones (excluding diaryl/α,β-unsaturated/α-hetero) is 1. The van der Waals surface area contributed by atoms with Crippen LogP contribution in [-0.2, 0) is 19.1 Å². The van der Waals surface area contributed by atoms with Gasteiger partial charge in [-0.3, -0.25) is 4.79 Å². The molecule has 0 aromatic heterocycles. The number of rotatable bonds is 7. The van der Waals surface area contributed by atoms with Crippen molar-refractivity contribution in [3.8, 4) is 0 Å². The van der Waals surface area contributed by atoms with Gasteiger partial charge in [0, 0.05) is 35.9 Å². The molecule has 1 aromatic carbocycles. The third-order valence-electron chi connectivity index (χ3n) is 5.55. The van der Waals surface area contributed by atoms with E-state index in [9.17, 15) is 18.4 Å². The van der Waals surface area contributed by atoms with Crippen molar-refractivity contribution < 1.29 is 27.8 Å². The molecule has 0 saturated carbocycles. The Bertz CT molecular complexity index is 949. The number of halogens is 2. The highest BCUT2D eigenvalue weighted by Crippen LogP contribution is 2.46. The molecule has 7 heteroatoms. The summed E-state index contributed by atoms with van der Waals surface area (Å²) in [6.45, 7) is 8.60. The summed E-state index contributed by atoms with van der Waals surface area (Å²) in [5, 5.41) is 3.21. The number of esters is 1. The molecule has 0 fully saturated rings. The van der Waals surface area contributed by atoms with Crippen LogP contribution in [0.5, 0.6) is 0 Å². The Hall–Kier alpha value is -2.54. The summed E-state index contributed by atoms with van der Waals surface area (Å²) in [7, 11) is 0. The second-order valence-electron chi connectivity index (χ2n) is 8.85. The van der Waals surface area contributed by atoms with E-state index in [1.165, 1.54) is 6.07 Å². The molecule has 5 nitrogen and oxygen atoms in total. The lowest BCUT2D eigenvalue weighted by Crippen LogP contribution is -2.38. The molecular weight excluding hydrogens is 404 g/mol. The van der Waals surface area contributed by atoms with Crippen molar-refractivity contribution in [1.82, 2.24) is 5.32 Å². The molecule has 1 aliphatic carbocycles. The van der Waals surface area contributed by atoms with Crippen LogP contribution in [0, 0.1) is 17.0 Å². The number of ketones is 1. The van der Waals surface area contributed by atoms with E-state index in [-0.39, 0.29) is 30.0 Å². The van der Waals surface area contributed by atoms with Gasteiger partial charge in [0.05, 0.1) is 12.2 Å². The van der Waals surface area contributed by atoms with Gasteiger partial charge in [-0.2, -0.15) is 0 Å². The lowest BCUT2D eigenvalue weighted by molar-refractivity contribution is -0.141. The van der Waals surface area contributed by atoms with Crippen molar-refractivity contribution in [2.24, 2.45) is 5.41 Å². The highest BCUT2D eigenvalue weighted by Gasteiger charge is 2.43. The Morgan fingerprint density at radius 3 is 2.58 bits per heavy atom. The van der Waals surface area contributed by atoms with Gasteiger partial charge in [0.2, 0.25) is 0 Å². The van der Waals surface area contributed by atoms with Crippen molar-refractivity contribution >= 4 is 11.8 Å². The molecule has 2 aliphatic rings. The van der Waals surface area contributed by atoms with Gasteiger partial charge < -0.3 is 14.8 Å². The molecule has 1 N–H and O–H groups in total. The zero-order chi connectivity index (χ0) is 22.8. The Morgan fingerprint density at radius 1 is 1.16 bits per heavy atom. The summed E-state index contributed by atoms with van der Waals surface area (Å²) in [5.41, 5.74) is 2.01. The second-order valence-corrected chi connectivity index (χ2v) is 8.85. The van der Waals surface area contributed by atoms with Crippen molar-refractivity contribution in [2.75, 3.05) is 19.8 Å². The summed E-state index contributed by atoms with van der Waals surface area (Å²) < 4.78 is 38.4. The number of benzene rings is 1. The lowest BCUT2D eigenvalue weighted by Gasteiger charge is -2.39. The minimum Gasteiger partial charge on any atom is -0.460 e. The van der Waals surface area contributed by atoms with Gasteiger partial charge in [-0.15, -0.1) is 0 Å². The molecule has 0 bridgehead atoms. The van der Waals surface area contributed by atoms with Crippen LogP contribution < -0.4 is 5.32 Å². The fourth-order valence-electron chi connectivity index (χ4n) is 4.25. The molecule has 1 heterocycles. The van der Waals surface area contributed by atoms with Gasteiger partial charge in [0.25, 0.3) is 0 Å². The molecule has 0 saturated heterocycles. The predicted molar refractivity (Wildman–Crippen MR) is 112 cm³/mol. The van der Waals surface area contributed by atoms with Crippen LogP contribution in [0.3, 0.4) is 0 Å². The van der Waals surface area contributed by atoms with Crippen LogP contribution in [0.2, 0.25) is 0 Å². The van der Waals surface area contributed by atoms with Gasteiger partial charge in [-0.1, -0.05) is 26.8 Å². The van der Waals surface area contributed by atoms with E-state index in [4.69, 9.17) is 9.47 Å². The standard InChI is InChI=1S/C24H29F2NO4/c1-5-8-30-9-10-31-23(29)20-14(2)27-18-12-24(3,4)13-19(28)22(18)21(20)15-6-7-16(25)17(26)11-15/h6-7,11,21,27H,5,8-10,12-13H2,1-4H3/t21-/m0/s1. The topological polar surface area (TPSA) is 64.6 Å². The van der Waals surface area contributed by atoms with E-state index < -0.39 is 23.5 Å². The van der Waals surface area contributed by atoms with Crippen molar-refractivity contribution in [3.63, 3.8) is 0 Å². The van der Waals surface area contributed by atoms with Crippen molar-refractivity contribution in [2.45, 2.75) is 52.9 Å². The third kappa shape index (κ3) is 5.03. The minimum absolute atomic E-state index is 0.0625. The van der Waals surface area contributed by atoms with E-state index in [2.05, 4.69) is 5.32 Å². The molecule has 0 spiro atoms. The Morgan fingerprint density at radius 2 is 1.90 bits per heavy atom. The second kappa shape index (κ2) is 9.30. The quantitative estimate of drug-likeness (QED) is 0.505. The van der Waals surface area contributed by atoms with E-state index in [1.54, 1.807) is 6.92 Å². The highest BCUT2D eigenvalue weighted by molar-refractivity contribution is 6.04. The number of ether oxygens (including phenoxy) is 2. The maximum Gasteiger partial charge on any atom is 0.336 e. The Labute approximate surface area is 181 Å². The molecule has 1 aromatic rings. The molecule has 3 rings (SSSR count). The number of hydrogen-bond acceptors (Lipinski definition) is 5. The normalized spacial score (nSPS) is 20.5. The molecule has 1 atom stereocenters. The largest absolute Gasteiger partial charge is 0.460 e. The maximum absolute atomic E-state index is 14.1. The van der Waals surface area contributed by atoms with Crippen LogP contribution in [0.25, 0.3) is 0 Å². The number of carbonyl (C=O) groups is 2. The molecule has 0 unspecified atom stereocenters. The summed E-state index contributed by atoms with van der Waals surface area (Å²) in [6.07, 6.45) is 1.77. The maximum atomic E-state index is 14.1. The first-order chi connectivity index (χ1) is 14.6. The fourth-order valence-corrected chi connectivity index (χ4v) is 4.25. The highest BCUT2D eigenvalue weighted by atomic mass is 19.2. The summed E-state index contributed by atoms with van der Waals surface area (Å²) in [4.78, 5) is 26.1. The Balaban J connectivity index is 1.99. The minimum atomic E-state index is -1.03. The van der Waals surface area contributed by atoms with Gasteiger partial charge >= 0.3 is 5.97 Å². The zero-order valence-electron chi connectivity index (χ0n) is 18.4. The number of carbonyl (C=O) groups excluding carboxylic acids is 2. The lowest BCUT2D eigenvalue weighted by atomic mass is 9.68. The van der Waals surface area contributed by atoms with E-state index in [0.717, 1.165) is 24.3 Å². The van der Waals surface area contributed by atoms with Crippen LogP contribution in [0.1, 0.15) is 58.4 Å². The molecular formula is C24H29F2NO4. The first-order valence-corrected chi connectivity index (χ1v) is 10.6. The number of nitrogens with one attached hydrogen (secondary N) is 1. The van der Waals surface area contributed by atoms with E-state index >= 15 is 0 Å². The van der Waals surface area contributed by atoms with E-state index in [0.29, 0.717) is 36.3 Å². The van der Waals surface area contributed by atoms with Gasteiger partial charge in [0.15, 0.2) is 17.4 Å². The van der Waals surface area contributed by atoms with Gasteiger partial charge in [-0.05, 0) is 42.9 Å². The fraction of sp³-hybridized carbons (Fsp3) is 0.500. The van der Waals surface area contributed by atoms with E-state index in [1.807, 2.05) is 20.8 Å². The summed E-state index contributed by atoms with van der Waals surface area (Å²) in [5.74, 6) is -3.55. The predicted octanol–water partition coefficient (Wildman–Crippen LogP) is 4.54. The van der Waals surface area contributed by atoms with Crippen LogP contribution in [0.4, 0.5) is 8.78 Å². The molecule has 31 heavy (non-hydrogen) atoms. The smallest absolute Gasteiger partial charge is 0.336 e. The van der Waals surface area contributed by atoms with Crippen molar-refractivity contribution in [3.05, 3.63) is 57.9 Å². The average Bonchev–Trinajstić information content (AvgIpc) is 2.67. The molecule has 0 amide bonds. The molecule has 168 valence electrons. The van der Waals surface area contributed by atoms with Gasteiger partial charge in [0.1, 0.15) is 6.61 Å². The van der Waals surface area contributed by atoms with Crippen LogP contribution >= 0.6 is 0 Å². The van der Waals surface area contributed by atoms with Crippen molar-refractivity contribution in [1.29, 1.82) is 0 Å². The van der Waals surface area contributed by atoms with Crippen LogP contribution in [0.15, 0.2) is 40.7 Å². The summed E-state index contributed by atoms with van der Waals surface area (Å²) >= 11 is 0. The Kier molecular flexibility index (Phi) is 6.94. The monoisotopic (exact) mass is 433 g/mol. The summed E-state index contributed by atoms with van der Waals surface area (Å²) in [6, 6.07) is 3.48. The first-order valence-electron chi connectivity index (χ1n) is 10.6. The van der Waals surface area contributed by atoms with Gasteiger partial charge in [-0.25, -0.2) is 13.6 Å². The SMILES string of the molecule is CCCOCCOC(=O)C1=C(C)NC2=C(C(=O)CC(C)(C)C2)[C@H]1c1ccc(F)c(F)c1. The number of dihydropyridines is 1. The number of hydrogen-bond donors (Lipinski definition) is 1. The third-order valence-corrected chi connectivity index (χ3v) is 5.55. The molecule has 1 aliphatic heterocycles. The molecule has 0 radical (unpaired) electrons. The first kappa shape index (κ1) is 23.1. The zero-order valence-corrected chi connectivity index (χ0v) is 18.4. The number of allylic oxidation sites excluding steroid dienone is 3. The van der Waals surface area contributed by atoms with Crippen LogP contribution in [-0.4, -0.2) is 31.6 Å².